The third-order valence-corrected chi connectivity index (χ3v) is 2.50. The Bertz CT molecular complexity index is 406. The maximum atomic E-state index is 5.71. The van der Waals surface area contributed by atoms with E-state index in [4.69, 9.17) is 15.3 Å². The number of hydrogen-bond donors (Lipinski definition) is 1. The molecule has 0 aliphatic rings. The Morgan fingerprint density at radius 1 is 1.47 bits per heavy atom. The lowest BCUT2D eigenvalue weighted by Gasteiger charge is -2.16. The Balaban J connectivity index is 3.17. The second-order valence-electron chi connectivity index (χ2n) is 3.71. The number of hydrogen-bond acceptors (Lipinski definition) is 4. The first kappa shape index (κ1) is 13.8. The maximum absolute atomic E-state index is 5.71. The lowest BCUT2D eigenvalue weighted by molar-refractivity contribution is 0.222. The molecule has 0 bridgehead atoms. The summed E-state index contributed by atoms with van der Waals surface area (Å²) in [6.45, 7) is 6.44. The number of benzene rings is 1. The summed E-state index contributed by atoms with van der Waals surface area (Å²) in [6.07, 6.45) is 1.64. The van der Waals surface area contributed by atoms with Crippen molar-refractivity contribution in [3.63, 3.8) is 0 Å². The van der Waals surface area contributed by atoms with Crippen molar-refractivity contribution in [1.29, 1.82) is 0 Å². The van der Waals surface area contributed by atoms with Crippen LogP contribution >= 0.6 is 15.9 Å². The highest BCUT2D eigenvalue weighted by Gasteiger charge is 2.12. The van der Waals surface area contributed by atoms with Crippen LogP contribution in [0, 0.1) is 0 Å². The Kier molecular flexibility index (Phi) is 5.28. The van der Waals surface area contributed by atoms with E-state index in [0.717, 1.165) is 10.0 Å². The Morgan fingerprint density at radius 2 is 2.18 bits per heavy atom. The predicted octanol–water partition coefficient (Wildman–Crippen LogP) is 2.93. The quantitative estimate of drug-likeness (QED) is 0.517. The monoisotopic (exact) mass is 300 g/mol. The summed E-state index contributed by atoms with van der Waals surface area (Å²) in [7, 11) is 0. The van der Waals surface area contributed by atoms with E-state index >= 15 is 0 Å². The minimum absolute atomic E-state index is 0.0829. The van der Waals surface area contributed by atoms with Gasteiger partial charge < -0.3 is 15.3 Å². The van der Waals surface area contributed by atoms with Gasteiger partial charge in [0, 0.05) is 0 Å². The average Bonchev–Trinajstić information content (AvgIpc) is 2.23. The molecule has 94 valence electrons. The molecule has 5 heteroatoms. The van der Waals surface area contributed by atoms with Gasteiger partial charge in [-0.15, -0.1) is 0 Å². The molecule has 1 rings (SSSR count). The molecule has 0 saturated carbocycles. The molecule has 4 nitrogen and oxygen atoms in total. The number of nitrogens with two attached hydrogens (primary N) is 1. The van der Waals surface area contributed by atoms with Gasteiger partial charge in [0.1, 0.15) is 0 Å². The van der Waals surface area contributed by atoms with Crippen molar-refractivity contribution in [2.24, 2.45) is 10.9 Å². The van der Waals surface area contributed by atoms with Gasteiger partial charge in [0.15, 0.2) is 11.5 Å². The summed E-state index contributed by atoms with van der Waals surface area (Å²) >= 11 is 3.46. The highest BCUT2D eigenvalue weighted by atomic mass is 79.9. The molecule has 1 aromatic rings. The fourth-order valence-corrected chi connectivity index (χ4v) is 1.91. The van der Waals surface area contributed by atoms with Crippen LogP contribution in [0.3, 0.4) is 0 Å². The molecular formula is C12H17BrN2O2. The van der Waals surface area contributed by atoms with Crippen LogP contribution in [0.4, 0.5) is 0 Å². The Morgan fingerprint density at radius 3 is 2.71 bits per heavy atom. The zero-order valence-corrected chi connectivity index (χ0v) is 11.8. The number of nitrogens with zero attached hydrogens (tertiary/aromatic N) is 1. The van der Waals surface area contributed by atoms with E-state index in [-0.39, 0.29) is 6.10 Å². The third kappa shape index (κ3) is 3.93. The van der Waals surface area contributed by atoms with Crippen molar-refractivity contribution in [2.75, 3.05) is 6.61 Å². The van der Waals surface area contributed by atoms with E-state index in [1.807, 2.05) is 32.9 Å². The molecule has 0 unspecified atom stereocenters. The zero-order chi connectivity index (χ0) is 12.8. The highest BCUT2D eigenvalue weighted by Crippen LogP contribution is 2.37. The SMILES string of the molecule is CCOc1cc(C=NN)cc(Br)c1OC(C)C. The zero-order valence-electron chi connectivity index (χ0n) is 10.2. The smallest absolute Gasteiger partial charge is 0.175 e. The van der Waals surface area contributed by atoms with Gasteiger partial charge in [-0.1, -0.05) is 0 Å². The summed E-state index contributed by atoms with van der Waals surface area (Å²) in [5.41, 5.74) is 0.860. The summed E-state index contributed by atoms with van der Waals surface area (Å²) < 4.78 is 12.1. The molecule has 0 aliphatic heterocycles. The second-order valence-corrected chi connectivity index (χ2v) is 4.56. The second kappa shape index (κ2) is 6.49. The van der Waals surface area contributed by atoms with Crippen molar-refractivity contribution in [3.8, 4) is 11.5 Å². The fourth-order valence-electron chi connectivity index (χ4n) is 1.36. The van der Waals surface area contributed by atoms with Crippen LogP contribution in [-0.2, 0) is 0 Å². The molecule has 0 spiro atoms. The molecular weight excluding hydrogens is 284 g/mol. The van der Waals surface area contributed by atoms with Gasteiger partial charge in [-0.25, -0.2) is 0 Å². The van der Waals surface area contributed by atoms with Crippen LogP contribution in [0.25, 0.3) is 0 Å². The van der Waals surface area contributed by atoms with Crippen LogP contribution < -0.4 is 15.3 Å². The topological polar surface area (TPSA) is 56.8 Å². The van der Waals surface area contributed by atoms with E-state index in [1.54, 1.807) is 6.21 Å². The molecule has 0 radical (unpaired) electrons. The normalized spacial score (nSPS) is 11.1. The minimum atomic E-state index is 0.0829. The van der Waals surface area contributed by atoms with Crippen LogP contribution in [-0.4, -0.2) is 18.9 Å². The van der Waals surface area contributed by atoms with E-state index in [1.165, 1.54) is 0 Å². The Labute approximate surface area is 110 Å². The summed E-state index contributed by atoms with van der Waals surface area (Å²) in [6, 6.07) is 3.74. The van der Waals surface area contributed by atoms with Gasteiger partial charge >= 0.3 is 0 Å². The molecule has 0 saturated heterocycles. The maximum Gasteiger partial charge on any atom is 0.175 e. The largest absolute Gasteiger partial charge is 0.490 e. The molecule has 2 N–H and O–H groups in total. The summed E-state index contributed by atoms with van der Waals surface area (Å²) in [5.74, 6) is 6.53. The number of halogens is 1. The van der Waals surface area contributed by atoms with E-state index < -0.39 is 0 Å². The van der Waals surface area contributed by atoms with Crippen molar-refractivity contribution in [3.05, 3.63) is 22.2 Å². The molecule has 0 fully saturated rings. The molecule has 0 aliphatic carbocycles. The summed E-state index contributed by atoms with van der Waals surface area (Å²) in [5, 5.41) is 3.50. The van der Waals surface area contributed by atoms with Crippen molar-refractivity contribution < 1.29 is 9.47 Å². The van der Waals surface area contributed by atoms with E-state index in [2.05, 4.69) is 21.0 Å². The Hall–Kier alpha value is -1.23. The lowest BCUT2D eigenvalue weighted by Crippen LogP contribution is -2.08. The van der Waals surface area contributed by atoms with Crippen molar-refractivity contribution in [1.82, 2.24) is 0 Å². The van der Waals surface area contributed by atoms with Crippen molar-refractivity contribution >= 4 is 22.1 Å². The number of ether oxygens (including phenoxy) is 2. The van der Waals surface area contributed by atoms with Gasteiger partial charge in [-0.05, 0) is 54.4 Å². The van der Waals surface area contributed by atoms with Gasteiger partial charge in [0.05, 0.1) is 23.4 Å². The molecule has 0 heterocycles. The molecule has 1 aromatic carbocycles. The molecule has 0 amide bonds. The van der Waals surface area contributed by atoms with Gasteiger partial charge in [-0.2, -0.15) is 5.10 Å². The highest BCUT2D eigenvalue weighted by molar-refractivity contribution is 9.10. The van der Waals surface area contributed by atoms with E-state index in [9.17, 15) is 0 Å². The van der Waals surface area contributed by atoms with E-state index in [0.29, 0.717) is 18.1 Å². The predicted molar refractivity (Wildman–Crippen MR) is 72.9 cm³/mol. The number of hydrazone groups is 1. The van der Waals surface area contributed by atoms with Crippen LogP contribution in [0.2, 0.25) is 0 Å². The fraction of sp³-hybridized carbons (Fsp3) is 0.417. The van der Waals surface area contributed by atoms with Crippen LogP contribution in [0.15, 0.2) is 21.7 Å². The standard InChI is InChI=1S/C12H17BrN2O2/c1-4-16-11-6-9(7-15-14)5-10(13)12(11)17-8(2)3/h5-8H,4,14H2,1-3H3. The minimum Gasteiger partial charge on any atom is -0.490 e. The first-order chi connectivity index (χ1) is 8.08. The number of rotatable bonds is 5. The van der Waals surface area contributed by atoms with Gasteiger partial charge in [0.25, 0.3) is 0 Å². The molecule has 17 heavy (non-hydrogen) atoms. The third-order valence-electron chi connectivity index (χ3n) is 1.91. The molecule has 0 aromatic heterocycles. The van der Waals surface area contributed by atoms with Crippen LogP contribution in [0.5, 0.6) is 11.5 Å². The van der Waals surface area contributed by atoms with Crippen LogP contribution in [0.1, 0.15) is 26.3 Å². The lowest BCUT2D eigenvalue weighted by atomic mass is 10.2. The summed E-state index contributed by atoms with van der Waals surface area (Å²) in [4.78, 5) is 0. The average molecular weight is 301 g/mol. The first-order valence-corrected chi connectivity index (χ1v) is 6.24. The molecule has 0 atom stereocenters. The van der Waals surface area contributed by atoms with Crippen molar-refractivity contribution in [2.45, 2.75) is 26.9 Å². The van der Waals surface area contributed by atoms with Gasteiger partial charge in [-0.3, -0.25) is 0 Å². The first-order valence-electron chi connectivity index (χ1n) is 5.44. The van der Waals surface area contributed by atoms with Gasteiger partial charge in [0.2, 0.25) is 0 Å².